The molecule has 2 atom stereocenters. The van der Waals surface area contributed by atoms with E-state index in [0.29, 0.717) is 18.0 Å². The molecular weight excluding hydrogens is 362 g/mol. The van der Waals surface area contributed by atoms with Crippen molar-refractivity contribution in [1.29, 1.82) is 0 Å². The zero-order valence-electron chi connectivity index (χ0n) is 16.7. The van der Waals surface area contributed by atoms with Gasteiger partial charge >= 0.3 is 0 Å². The highest BCUT2D eigenvalue weighted by Gasteiger charge is 2.29. The SMILES string of the molecule is Cc1ccc(C(=O)NC(C(=O)NC(CN)C2CCCCC2)C(C)C)cc1.Cl. The summed E-state index contributed by atoms with van der Waals surface area (Å²) >= 11 is 0. The zero-order valence-corrected chi connectivity index (χ0v) is 17.5. The van der Waals surface area contributed by atoms with E-state index in [1.807, 2.05) is 32.9 Å². The average molecular weight is 396 g/mol. The first-order chi connectivity index (χ1) is 12.4. The van der Waals surface area contributed by atoms with Crippen molar-refractivity contribution in [2.75, 3.05) is 6.54 Å². The fraction of sp³-hybridized carbons (Fsp3) is 0.619. The molecule has 0 aliphatic heterocycles. The standard InChI is InChI=1S/C21H33N3O2.ClH/c1-14(2)19(24-20(25)17-11-9-15(3)10-12-17)21(26)23-18(13-22)16-7-5-4-6-8-16;/h9-12,14,16,18-19H,4-8,13,22H2,1-3H3,(H,23,26)(H,24,25);1H. The normalized spacial score (nSPS) is 16.9. The molecule has 0 saturated heterocycles. The van der Waals surface area contributed by atoms with Gasteiger partial charge in [-0.05, 0) is 43.7 Å². The number of nitrogens with one attached hydrogen (secondary N) is 2. The van der Waals surface area contributed by atoms with Gasteiger partial charge in [-0.2, -0.15) is 0 Å². The minimum absolute atomic E-state index is 0. The Kier molecular flexibility index (Phi) is 9.81. The van der Waals surface area contributed by atoms with Crippen molar-refractivity contribution in [1.82, 2.24) is 10.6 Å². The zero-order chi connectivity index (χ0) is 19.1. The number of carbonyl (C=O) groups excluding carboxylic acids is 2. The van der Waals surface area contributed by atoms with Gasteiger partial charge in [-0.25, -0.2) is 0 Å². The van der Waals surface area contributed by atoms with Crippen molar-refractivity contribution in [3.05, 3.63) is 35.4 Å². The van der Waals surface area contributed by atoms with Gasteiger partial charge < -0.3 is 16.4 Å². The Morgan fingerprint density at radius 3 is 2.19 bits per heavy atom. The van der Waals surface area contributed by atoms with E-state index in [2.05, 4.69) is 10.6 Å². The van der Waals surface area contributed by atoms with Gasteiger partial charge in [0.2, 0.25) is 5.91 Å². The predicted molar refractivity (Wildman–Crippen MR) is 112 cm³/mol. The summed E-state index contributed by atoms with van der Waals surface area (Å²) in [5.74, 6) is 0.0785. The number of hydrogen-bond donors (Lipinski definition) is 3. The van der Waals surface area contributed by atoms with Crippen LogP contribution >= 0.6 is 12.4 Å². The van der Waals surface area contributed by atoms with Crippen LogP contribution in [0.3, 0.4) is 0 Å². The van der Waals surface area contributed by atoms with Crippen molar-refractivity contribution >= 4 is 24.2 Å². The number of rotatable bonds is 7. The molecule has 2 unspecified atom stereocenters. The predicted octanol–water partition coefficient (Wildman–Crippen LogP) is 3.20. The first-order valence-corrected chi connectivity index (χ1v) is 9.80. The Balaban J connectivity index is 0.00000364. The van der Waals surface area contributed by atoms with Crippen LogP contribution in [0.15, 0.2) is 24.3 Å². The Morgan fingerprint density at radius 2 is 1.67 bits per heavy atom. The third-order valence-electron chi connectivity index (χ3n) is 5.35. The molecule has 1 fully saturated rings. The molecule has 152 valence electrons. The van der Waals surface area contributed by atoms with E-state index >= 15 is 0 Å². The maximum Gasteiger partial charge on any atom is 0.251 e. The van der Waals surface area contributed by atoms with E-state index in [1.165, 1.54) is 19.3 Å². The van der Waals surface area contributed by atoms with Crippen LogP contribution in [-0.4, -0.2) is 30.4 Å². The summed E-state index contributed by atoms with van der Waals surface area (Å²) in [5, 5.41) is 6.00. The van der Waals surface area contributed by atoms with Crippen LogP contribution in [0.5, 0.6) is 0 Å². The summed E-state index contributed by atoms with van der Waals surface area (Å²) in [6.07, 6.45) is 5.90. The highest BCUT2D eigenvalue weighted by molar-refractivity contribution is 5.97. The molecule has 2 amide bonds. The lowest BCUT2D eigenvalue weighted by Gasteiger charge is -2.32. The van der Waals surface area contributed by atoms with Gasteiger partial charge in [0.15, 0.2) is 0 Å². The van der Waals surface area contributed by atoms with Crippen LogP contribution in [0.25, 0.3) is 0 Å². The third kappa shape index (κ3) is 6.82. The first kappa shape index (κ1) is 23.4. The second kappa shape index (κ2) is 11.3. The quantitative estimate of drug-likeness (QED) is 0.662. The molecule has 6 heteroatoms. The number of carbonyl (C=O) groups is 2. The second-order valence-electron chi connectivity index (χ2n) is 7.81. The van der Waals surface area contributed by atoms with Gasteiger partial charge in [0.05, 0.1) is 0 Å². The van der Waals surface area contributed by atoms with Crippen LogP contribution in [0, 0.1) is 18.8 Å². The van der Waals surface area contributed by atoms with E-state index in [1.54, 1.807) is 12.1 Å². The van der Waals surface area contributed by atoms with E-state index in [4.69, 9.17) is 5.73 Å². The highest BCUT2D eigenvalue weighted by atomic mass is 35.5. The molecule has 0 radical (unpaired) electrons. The molecule has 1 aromatic rings. The molecule has 0 spiro atoms. The van der Waals surface area contributed by atoms with Gasteiger partial charge in [-0.3, -0.25) is 9.59 Å². The van der Waals surface area contributed by atoms with E-state index in [0.717, 1.165) is 18.4 Å². The maximum absolute atomic E-state index is 12.8. The molecule has 2 rings (SSSR count). The molecule has 0 aromatic heterocycles. The van der Waals surface area contributed by atoms with Gasteiger partial charge in [-0.15, -0.1) is 12.4 Å². The van der Waals surface area contributed by atoms with Crippen LogP contribution in [0.1, 0.15) is 61.9 Å². The second-order valence-corrected chi connectivity index (χ2v) is 7.81. The minimum atomic E-state index is -0.568. The number of hydrogen-bond acceptors (Lipinski definition) is 3. The molecule has 0 bridgehead atoms. The molecule has 1 aliphatic rings. The molecular formula is C21H34ClN3O2. The average Bonchev–Trinajstić information content (AvgIpc) is 2.64. The summed E-state index contributed by atoms with van der Waals surface area (Å²) in [6.45, 7) is 6.30. The number of halogens is 1. The lowest BCUT2D eigenvalue weighted by Crippen LogP contribution is -2.55. The van der Waals surface area contributed by atoms with Gasteiger partial charge in [0.25, 0.3) is 5.91 Å². The topological polar surface area (TPSA) is 84.2 Å². The molecule has 4 N–H and O–H groups in total. The molecule has 27 heavy (non-hydrogen) atoms. The Hall–Kier alpha value is -1.59. The van der Waals surface area contributed by atoms with Gasteiger partial charge in [0.1, 0.15) is 6.04 Å². The molecule has 0 heterocycles. The molecule has 1 aliphatic carbocycles. The highest BCUT2D eigenvalue weighted by Crippen LogP contribution is 2.26. The smallest absolute Gasteiger partial charge is 0.251 e. The molecule has 1 saturated carbocycles. The minimum Gasteiger partial charge on any atom is -0.350 e. The van der Waals surface area contributed by atoms with Crippen molar-refractivity contribution in [2.24, 2.45) is 17.6 Å². The lowest BCUT2D eigenvalue weighted by molar-refractivity contribution is -0.125. The number of benzene rings is 1. The first-order valence-electron chi connectivity index (χ1n) is 9.80. The van der Waals surface area contributed by atoms with Crippen LogP contribution < -0.4 is 16.4 Å². The summed E-state index contributed by atoms with van der Waals surface area (Å²) < 4.78 is 0. The number of aryl methyl sites for hydroxylation is 1. The summed E-state index contributed by atoms with van der Waals surface area (Å²) in [7, 11) is 0. The Morgan fingerprint density at radius 1 is 1.07 bits per heavy atom. The van der Waals surface area contributed by atoms with Crippen LogP contribution in [0.2, 0.25) is 0 Å². The summed E-state index contributed by atoms with van der Waals surface area (Å²) in [4.78, 5) is 25.4. The fourth-order valence-electron chi connectivity index (χ4n) is 3.64. The van der Waals surface area contributed by atoms with Crippen LogP contribution in [0.4, 0.5) is 0 Å². The molecule has 1 aromatic carbocycles. The van der Waals surface area contributed by atoms with Gasteiger partial charge in [-0.1, -0.05) is 50.8 Å². The molecule has 5 nitrogen and oxygen atoms in total. The summed E-state index contributed by atoms with van der Waals surface area (Å²) in [6, 6.07) is 6.77. The lowest BCUT2D eigenvalue weighted by atomic mass is 9.83. The van der Waals surface area contributed by atoms with Crippen molar-refractivity contribution in [3.63, 3.8) is 0 Å². The summed E-state index contributed by atoms with van der Waals surface area (Å²) in [5.41, 5.74) is 7.59. The largest absolute Gasteiger partial charge is 0.350 e. The maximum atomic E-state index is 12.8. The van der Waals surface area contributed by atoms with Gasteiger partial charge in [0, 0.05) is 18.2 Å². The fourth-order valence-corrected chi connectivity index (χ4v) is 3.64. The number of nitrogens with two attached hydrogens (primary N) is 1. The Bertz CT molecular complexity index is 598. The van der Waals surface area contributed by atoms with E-state index in [9.17, 15) is 9.59 Å². The number of amides is 2. The van der Waals surface area contributed by atoms with Crippen LogP contribution in [-0.2, 0) is 4.79 Å². The van der Waals surface area contributed by atoms with Crippen molar-refractivity contribution in [2.45, 2.75) is 65.0 Å². The van der Waals surface area contributed by atoms with E-state index < -0.39 is 6.04 Å². The van der Waals surface area contributed by atoms with Crippen molar-refractivity contribution in [3.8, 4) is 0 Å². The van der Waals surface area contributed by atoms with Crippen molar-refractivity contribution < 1.29 is 9.59 Å². The third-order valence-corrected chi connectivity index (χ3v) is 5.35. The monoisotopic (exact) mass is 395 g/mol. The van der Waals surface area contributed by atoms with E-state index in [-0.39, 0.29) is 36.2 Å². The Labute approximate surface area is 169 Å².